The molecule has 3 rings (SSSR count). The van der Waals surface area contributed by atoms with E-state index in [0.717, 1.165) is 31.1 Å². The Balaban J connectivity index is 1.79. The molecule has 0 spiro atoms. The van der Waals surface area contributed by atoms with Crippen molar-refractivity contribution in [2.75, 3.05) is 26.7 Å². The molecule has 1 amide bonds. The number of nitrogens with zero attached hydrogens (tertiary/aromatic N) is 3. The first-order valence-corrected chi connectivity index (χ1v) is 7.41. The SMILES string of the molecule is COc1ccc(-n2ccc(C(=O)N3CCNC[C@H]3C)n2)cc1. The Morgan fingerprint density at radius 1 is 1.32 bits per heavy atom. The van der Waals surface area contributed by atoms with Crippen molar-refractivity contribution in [1.29, 1.82) is 0 Å². The lowest BCUT2D eigenvalue weighted by Crippen LogP contribution is -2.52. The van der Waals surface area contributed by atoms with Gasteiger partial charge in [-0.2, -0.15) is 5.10 Å². The fourth-order valence-electron chi connectivity index (χ4n) is 2.61. The van der Waals surface area contributed by atoms with Gasteiger partial charge in [0.2, 0.25) is 0 Å². The van der Waals surface area contributed by atoms with Gasteiger partial charge in [0.15, 0.2) is 5.69 Å². The van der Waals surface area contributed by atoms with Crippen molar-refractivity contribution in [2.45, 2.75) is 13.0 Å². The van der Waals surface area contributed by atoms with E-state index in [0.29, 0.717) is 5.69 Å². The molecule has 0 unspecified atom stereocenters. The number of piperazine rings is 1. The number of aromatic nitrogens is 2. The zero-order valence-electron chi connectivity index (χ0n) is 12.8. The van der Waals surface area contributed by atoms with Crippen LogP contribution in [0.4, 0.5) is 0 Å². The average molecular weight is 300 g/mol. The van der Waals surface area contributed by atoms with Gasteiger partial charge in [0.25, 0.3) is 5.91 Å². The zero-order valence-corrected chi connectivity index (χ0v) is 12.8. The van der Waals surface area contributed by atoms with Crippen molar-refractivity contribution in [2.24, 2.45) is 0 Å². The lowest BCUT2D eigenvalue weighted by Gasteiger charge is -2.33. The van der Waals surface area contributed by atoms with Crippen LogP contribution in [0.3, 0.4) is 0 Å². The van der Waals surface area contributed by atoms with E-state index in [2.05, 4.69) is 10.4 Å². The van der Waals surface area contributed by atoms with Gasteiger partial charge in [-0.1, -0.05) is 0 Å². The Morgan fingerprint density at radius 2 is 2.09 bits per heavy atom. The average Bonchev–Trinajstić information content (AvgIpc) is 3.05. The smallest absolute Gasteiger partial charge is 0.274 e. The first-order valence-electron chi connectivity index (χ1n) is 7.41. The lowest BCUT2D eigenvalue weighted by atomic mass is 10.2. The third kappa shape index (κ3) is 2.82. The van der Waals surface area contributed by atoms with E-state index < -0.39 is 0 Å². The summed E-state index contributed by atoms with van der Waals surface area (Å²) in [6.07, 6.45) is 1.81. The number of nitrogens with one attached hydrogen (secondary N) is 1. The topological polar surface area (TPSA) is 59.4 Å². The van der Waals surface area contributed by atoms with Gasteiger partial charge in [0, 0.05) is 31.9 Å². The van der Waals surface area contributed by atoms with Crippen molar-refractivity contribution >= 4 is 5.91 Å². The van der Waals surface area contributed by atoms with Gasteiger partial charge in [0.05, 0.1) is 12.8 Å². The fourth-order valence-corrected chi connectivity index (χ4v) is 2.61. The van der Waals surface area contributed by atoms with E-state index in [1.54, 1.807) is 17.9 Å². The molecule has 116 valence electrons. The lowest BCUT2D eigenvalue weighted by molar-refractivity contribution is 0.0649. The van der Waals surface area contributed by atoms with E-state index in [9.17, 15) is 4.79 Å². The Kier molecular flexibility index (Phi) is 4.11. The van der Waals surface area contributed by atoms with Crippen molar-refractivity contribution in [3.63, 3.8) is 0 Å². The summed E-state index contributed by atoms with van der Waals surface area (Å²) in [5, 5.41) is 7.69. The minimum atomic E-state index is -0.0127. The van der Waals surface area contributed by atoms with Crippen molar-refractivity contribution in [3.05, 3.63) is 42.2 Å². The molecular weight excluding hydrogens is 280 g/mol. The molecule has 1 saturated heterocycles. The molecular formula is C16H20N4O2. The monoisotopic (exact) mass is 300 g/mol. The van der Waals surface area contributed by atoms with E-state index in [1.807, 2.05) is 42.3 Å². The van der Waals surface area contributed by atoms with E-state index in [4.69, 9.17) is 4.74 Å². The van der Waals surface area contributed by atoms with Gasteiger partial charge in [-0.15, -0.1) is 0 Å². The standard InChI is InChI=1S/C16H20N4O2/c1-12-11-17-8-10-19(12)16(21)15-7-9-20(18-15)13-3-5-14(22-2)6-4-13/h3-7,9,12,17H,8,10-11H2,1-2H3/t12-/m1/s1. The summed E-state index contributed by atoms with van der Waals surface area (Å²) in [6, 6.07) is 9.52. The number of carbonyl (C=O) groups excluding carboxylic acids is 1. The highest BCUT2D eigenvalue weighted by Gasteiger charge is 2.25. The van der Waals surface area contributed by atoms with Crippen LogP contribution >= 0.6 is 0 Å². The molecule has 2 heterocycles. The number of hydrogen-bond donors (Lipinski definition) is 1. The minimum Gasteiger partial charge on any atom is -0.497 e. The molecule has 1 N–H and O–H groups in total. The Hall–Kier alpha value is -2.34. The van der Waals surface area contributed by atoms with Crippen LogP contribution in [0.2, 0.25) is 0 Å². The molecule has 0 bridgehead atoms. The van der Waals surface area contributed by atoms with Gasteiger partial charge in [0.1, 0.15) is 5.75 Å². The molecule has 2 aromatic rings. The quantitative estimate of drug-likeness (QED) is 0.928. The molecule has 1 fully saturated rings. The third-order valence-electron chi connectivity index (χ3n) is 3.91. The van der Waals surface area contributed by atoms with Gasteiger partial charge in [-0.3, -0.25) is 4.79 Å². The molecule has 6 heteroatoms. The number of rotatable bonds is 3. The summed E-state index contributed by atoms with van der Waals surface area (Å²) in [6.45, 7) is 4.42. The molecule has 1 aliphatic heterocycles. The number of carbonyl (C=O) groups is 1. The fraction of sp³-hybridized carbons (Fsp3) is 0.375. The molecule has 0 aliphatic carbocycles. The number of methoxy groups -OCH3 is 1. The maximum absolute atomic E-state index is 12.6. The summed E-state index contributed by atoms with van der Waals surface area (Å²) in [5.41, 5.74) is 1.37. The van der Waals surface area contributed by atoms with Crippen LogP contribution in [-0.4, -0.2) is 53.4 Å². The molecule has 1 aromatic carbocycles. The molecule has 0 radical (unpaired) electrons. The van der Waals surface area contributed by atoms with Crippen LogP contribution in [-0.2, 0) is 0 Å². The Morgan fingerprint density at radius 3 is 2.77 bits per heavy atom. The van der Waals surface area contributed by atoms with Crippen LogP contribution < -0.4 is 10.1 Å². The normalized spacial score (nSPS) is 18.3. The maximum atomic E-state index is 12.6. The van der Waals surface area contributed by atoms with E-state index in [1.165, 1.54) is 0 Å². The highest BCUT2D eigenvalue weighted by atomic mass is 16.5. The zero-order chi connectivity index (χ0) is 15.5. The Labute approximate surface area is 129 Å². The highest BCUT2D eigenvalue weighted by molar-refractivity contribution is 5.92. The van der Waals surface area contributed by atoms with Gasteiger partial charge in [-0.25, -0.2) is 4.68 Å². The summed E-state index contributed by atoms with van der Waals surface area (Å²) in [4.78, 5) is 14.4. The first-order chi connectivity index (χ1) is 10.7. The van der Waals surface area contributed by atoms with Crippen LogP contribution in [0.25, 0.3) is 5.69 Å². The van der Waals surface area contributed by atoms with Crippen LogP contribution in [0, 0.1) is 0 Å². The maximum Gasteiger partial charge on any atom is 0.274 e. The van der Waals surface area contributed by atoms with Gasteiger partial charge >= 0.3 is 0 Å². The van der Waals surface area contributed by atoms with E-state index in [-0.39, 0.29) is 11.9 Å². The second-order valence-corrected chi connectivity index (χ2v) is 5.40. The first kappa shape index (κ1) is 14.6. The number of amides is 1. The molecule has 1 aliphatic rings. The predicted molar refractivity (Wildman–Crippen MR) is 83.5 cm³/mol. The van der Waals surface area contributed by atoms with Crippen LogP contribution in [0.15, 0.2) is 36.5 Å². The molecule has 1 atom stereocenters. The summed E-state index contributed by atoms with van der Waals surface area (Å²) in [5.74, 6) is 0.781. The molecule has 6 nitrogen and oxygen atoms in total. The Bertz CT molecular complexity index is 650. The highest BCUT2D eigenvalue weighted by Crippen LogP contribution is 2.15. The largest absolute Gasteiger partial charge is 0.497 e. The van der Waals surface area contributed by atoms with Crippen LogP contribution in [0.1, 0.15) is 17.4 Å². The van der Waals surface area contributed by atoms with Gasteiger partial charge < -0.3 is 15.0 Å². The summed E-state index contributed by atoms with van der Waals surface area (Å²) < 4.78 is 6.85. The summed E-state index contributed by atoms with van der Waals surface area (Å²) in [7, 11) is 1.63. The second-order valence-electron chi connectivity index (χ2n) is 5.40. The predicted octanol–water partition coefficient (Wildman–Crippen LogP) is 1.31. The third-order valence-corrected chi connectivity index (χ3v) is 3.91. The number of hydrogen-bond acceptors (Lipinski definition) is 4. The number of benzene rings is 1. The summed E-state index contributed by atoms with van der Waals surface area (Å²) >= 11 is 0. The van der Waals surface area contributed by atoms with E-state index >= 15 is 0 Å². The molecule has 1 aromatic heterocycles. The minimum absolute atomic E-state index is 0.0127. The number of ether oxygens (including phenoxy) is 1. The molecule has 0 saturated carbocycles. The van der Waals surface area contributed by atoms with Crippen molar-refractivity contribution in [1.82, 2.24) is 20.0 Å². The van der Waals surface area contributed by atoms with Crippen molar-refractivity contribution in [3.8, 4) is 11.4 Å². The van der Waals surface area contributed by atoms with Crippen LogP contribution in [0.5, 0.6) is 5.75 Å². The van der Waals surface area contributed by atoms with Crippen molar-refractivity contribution < 1.29 is 9.53 Å². The molecule has 22 heavy (non-hydrogen) atoms. The second kappa shape index (κ2) is 6.19. The van der Waals surface area contributed by atoms with Gasteiger partial charge in [-0.05, 0) is 37.3 Å².